The minimum absolute atomic E-state index is 0. The number of anilines is 1. The van der Waals surface area contributed by atoms with Crippen molar-refractivity contribution in [3.8, 4) is 0 Å². The zero-order valence-electron chi connectivity index (χ0n) is 10.1. The first-order chi connectivity index (χ1) is 8.15. The van der Waals surface area contributed by atoms with E-state index in [1.165, 1.54) is 0 Å². The zero-order valence-corrected chi connectivity index (χ0v) is 11.7. The van der Waals surface area contributed by atoms with Crippen molar-refractivity contribution in [2.45, 2.75) is 6.04 Å². The molecule has 1 fully saturated rings. The van der Waals surface area contributed by atoms with Gasteiger partial charge in [0.25, 0.3) is 0 Å². The first kappa shape index (κ1) is 15.2. The van der Waals surface area contributed by atoms with Crippen LogP contribution in [-0.4, -0.2) is 43.5 Å². The summed E-state index contributed by atoms with van der Waals surface area (Å²) >= 11 is 5.77. The molecular weight excluding hydrogens is 273 g/mol. The Morgan fingerprint density at radius 2 is 2.06 bits per heavy atom. The Balaban J connectivity index is 0.00000162. The highest BCUT2D eigenvalue weighted by atomic mass is 35.5. The molecule has 0 radical (unpaired) electrons. The van der Waals surface area contributed by atoms with Gasteiger partial charge in [0.05, 0.1) is 6.54 Å². The molecule has 4 nitrogen and oxygen atoms in total. The zero-order chi connectivity index (χ0) is 12.3. The predicted molar refractivity (Wildman–Crippen MR) is 76.6 cm³/mol. The molecule has 1 amide bonds. The van der Waals surface area contributed by atoms with E-state index in [0.29, 0.717) is 17.6 Å². The number of rotatable bonds is 4. The third kappa shape index (κ3) is 4.14. The minimum atomic E-state index is 0. The molecule has 1 aliphatic heterocycles. The van der Waals surface area contributed by atoms with Crippen LogP contribution >= 0.6 is 24.0 Å². The van der Waals surface area contributed by atoms with E-state index in [2.05, 4.69) is 15.5 Å². The Hall–Kier alpha value is -0.810. The fourth-order valence-electron chi connectivity index (χ4n) is 1.67. The standard InChI is InChI=1S/C12H16ClN3O.ClH/c1-16(11-6-14-7-11)8-12(17)15-10-4-2-9(13)3-5-10;/h2-5,11,14H,6-8H2,1H3,(H,15,17);1H. The topological polar surface area (TPSA) is 44.4 Å². The summed E-state index contributed by atoms with van der Waals surface area (Å²) in [5.41, 5.74) is 0.777. The van der Waals surface area contributed by atoms with Crippen molar-refractivity contribution in [3.05, 3.63) is 29.3 Å². The van der Waals surface area contributed by atoms with Gasteiger partial charge in [-0.05, 0) is 31.3 Å². The maximum absolute atomic E-state index is 11.7. The lowest BCUT2D eigenvalue weighted by Gasteiger charge is -2.35. The summed E-state index contributed by atoms with van der Waals surface area (Å²) in [6, 6.07) is 7.59. The molecule has 1 aromatic rings. The normalized spacial score (nSPS) is 14.8. The molecule has 1 heterocycles. The lowest BCUT2D eigenvalue weighted by Crippen LogP contribution is -2.57. The van der Waals surface area contributed by atoms with E-state index in [-0.39, 0.29) is 18.3 Å². The van der Waals surface area contributed by atoms with E-state index >= 15 is 0 Å². The molecule has 0 aliphatic carbocycles. The number of amides is 1. The van der Waals surface area contributed by atoms with Crippen molar-refractivity contribution in [1.29, 1.82) is 0 Å². The van der Waals surface area contributed by atoms with E-state index in [4.69, 9.17) is 11.6 Å². The van der Waals surface area contributed by atoms with Crippen LogP contribution in [0.2, 0.25) is 5.02 Å². The highest BCUT2D eigenvalue weighted by molar-refractivity contribution is 6.30. The summed E-state index contributed by atoms with van der Waals surface area (Å²) in [7, 11) is 1.97. The second-order valence-electron chi connectivity index (χ2n) is 4.28. The number of hydrogen-bond donors (Lipinski definition) is 2. The van der Waals surface area contributed by atoms with Gasteiger partial charge in [0.1, 0.15) is 0 Å². The third-order valence-corrected chi connectivity index (χ3v) is 3.16. The Morgan fingerprint density at radius 1 is 1.44 bits per heavy atom. The average Bonchev–Trinajstić information content (AvgIpc) is 2.18. The van der Waals surface area contributed by atoms with Gasteiger partial charge in [-0.25, -0.2) is 0 Å². The molecule has 1 saturated heterocycles. The number of benzene rings is 1. The van der Waals surface area contributed by atoms with Gasteiger partial charge in [0.2, 0.25) is 5.91 Å². The first-order valence-corrected chi connectivity index (χ1v) is 5.99. The van der Waals surface area contributed by atoms with Gasteiger partial charge < -0.3 is 10.6 Å². The molecule has 0 aromatic heterocycles. The molecule has 1 aromatic carbocycles. The van der Waals surface area contributed by atoms with Gasteiger partial charge in [0.15, 0.2) is 0 Å². The molecule has 6 heteroatoms. The molecule has 1 aliphatic rings. The SMILES string of the molecule is CN(CC(=O)Nc1ccc(Cl)cc1)C1CNC1.Cl. The van der Waals surface area contributed by atoms with Crippen LogP contribution in [-0.2, 0) is 4.79 Å². The largest absolute Gasteiger partial charge is 0.325 e. The van der Waals surface area contributed by atoms with Gasteiger partial charge in [-0.2, -0.15) is 0 Å². The van der Waals surface area contributed by atoms with Crippen molar-refractivity contribution in [2.75, 3.05) is 32.0 Å². The van der Waals surface area contributed by atoms with E-state index in [1.54, 1.807) is 24.3 Å². The van der Waals surface area contributed by atoms with E-state index in [1.807, 2.05) is 7.05 Å². The van der Waals surface area contributed by atoms with Crippen LogP contribution in [0.1, 0.15) is 0 Å². The Bertz CT molecular complexity index is 393. The monoisotopic (exact) mass is 289 g/mol. The van der Waals surface area contributed by atoms with Crippen LogP contribution < -0.4 is 10.6 Å². The summed E-state index contributed by atoms with van der Waals surface area (Å²) in [5.74, 6) is 0.00159. The third-order valence-electron chi connectivity index (χ3n) is 2.90. The maximum Gasteiger partial charge on any atom is 0.238 e. The molecule has 0 bridgehead atoms. The van der Waals surface area contributed by atoms with Crippen LogP contribution in [0.15, 0.2) is 24.3 Å². The molecule has 100 valence electrons. The lowest BCUT2D eigenvalue weighted by atomic mass is 10.1. The molecule has 0 saturated carbocycles. The summed E-state index contributed by atoms with van der Waals surface area (Å²) in [5, 5.41) is 6.69. The summed E-state index contributed by atoms with van der Waals surface area (Å²) in [6.45, 7) is 2.34. The van der Waals surface area contributed by atoms with Gasteiger partial charge >= 0.3 is 0 Å². The average molecular weight is 290 g/mol. The first-order valence-electron chi connectivity index (χ1n) is 5.61. The van der Waals surface area contributed by atoms with E-state index in [0.717, 1.165) is 18.8 Å². The molecule has 18 heavy (non-hydrogen) atoms. The van der Waals surface area contributed by atoms with Gasteiger partial charge in [-0.3, -0.25) is 9.69 Å². The molecule has 0 atom stereocenters. The van der Waals surface area contributed by atoms with Crippen LogP contribution in [0.5, 0.6) is 0 Å². The lowest BCUT2D eigenvalue weighted by molar-refractivity contribution is -0.117. The molecular formula is C12H17Cl2N3O. The predicted octanol–water partition coefficient (Wildman–Crippen LogP) is 1.60. The Kier molecular flexibility index (Phi) is 5.88. The number of halogens is 2. The van der Waals surface area contributed by atoms with Crippen molar-refractivity contribution < 1.29 is 4.79 Å². The second kappa shape index (κ2) is 6.95. The molecule has 2 N–H and O–H groups in total. The number of nitrogens with zero attached hydrogens (tertiary/aromatic N) is 1. The smallest absolute Gasteiger partial charge is 0.238 e. The number of likely N-dealkylation sites (N-methyl/N-ethyl adjacent to an activating group) is 1. The van der Waals surface area contributed by atoms with Crippen LogP contribution in [0.3, 0.4) is 0 Å². The Labute approximate surface area is 118 Å². The molecule has 2 rings (SSSR count). The van der Waals surface area contributed by atoms with Crippen LogP contribution in [0.25, 0.3) is 0 Å². The van der Waals surface area contributed by atoms with Crippen LogP contribution in [0.4, 0.5) is 5.69 Å². The van der Waals surface area contributed by atoms with Gasteiger partial charge in [-0.1, -0.05) is 11.6 Å². The van der Waals surface area contributed by atoms with Crippen molar-refractivity contribution in [1.82, 2.24) is 10.2 Å². The molecule has 0 spiro atoms. The van der Waals surface area contributed by atoms with Crippen molar-refractivity contribution >= 4 is 35.6 Å². The Morgan fingerprint density at radius 3 is 2.56 bits per heavy atom. The number of carbonyl (C=O) groups is 1. The number of carbonyl (C=O) groups excluding carboxylic acids is 1. The summed E-state index contributed by atoms with van der Waals surface area (Å²) in [6.07, 6.45) is 0. The van der Waals surface area contributed by atoms with Crippen molar-refractivity contribution in [2.24, 2.45) is 0 Å². The highest BCUT2D eigenvalue weighted by Gasteiger charge is 2.22. The number of nitrogens with one attached hydrogen (secondary N) is 2. The molecule has 0 unspecified atom stereocenters. The number of hydrogen-bond acceptors (Lipinski definition) is 3. The fraction of sp³-hybridized carbons (Fsp3) is 0.417. The fourth-order valence-corrected chi connectivity index (χ4v) is 1.80. The summed E-state index contributed by atoms with van der Waals surface area (Å²) < 4.78 is 0. The maximum atomic E-state index is 11.7. The quantitative estimate of drug-likeness (QED) is 0.885. The minimum Gasteiger partial charge on any atom is -0.325 e. The van der Waals surface area contributed by atoms with Crippen LogP contribution in [0, 0.1) is 0 Å². The second-order valence-corrected chi connectivity index (χ2v) is 4.72. The highest BCUT2D eigenvalue weighted by Crippen LogP contribution is 2.13. The van der Waals surface area contributed by atoms with Crippen molar-refractivity contribution in [3.63, 3.8) is 0 Å². The van der Waals surface area contributed by atoms with E-state index < -0.39 is 0 Å². The van der Waals surface area contributed by atoms with Gasteiger partial charge in [-0.15, -0.1) is 12.4 Å². The van der Waals surface area contributed by atoms with E-state index in [9.17, 15) is 4.79 Å². The summed E-state index contributed by atoms with van der Waals surface area (Å²) in [4.78, 5) is 13.8. The van der Waals surface area contributed by atoms with Gasteiger partial charge in [0, 0.05) is 29.8 Å².